The van der Waals surface area contributed by atoms with Gasteiger partial charge in [-0.25, -0.2) is 9.97 Å². The highest BCUT2D eigenvalue weighted by Gasteiger charge is 2.35. The molecule has 2 fully saturated rings. The molecule has 0 radical (unpaired) electrons. The van der Waals surface area contributed by atoms with Crippen molar-refractivity contribution in [3.8, 4) is 0 Å². The number of aromatic nitrogens is 2. The third kappa shape index (κ3) is 2.12. The van der Waals surface area contributed by atoms with Crippen LogP contribution in [0.1, 0.15) is 19.8 Å². The number of halogens is 2. The first-order valence-corrected chi connectivity index (χ1v) is 7.50. The standard InChI is InChI=1S/C12H16BrClN4/c1-8-5-17-4-2-3-9(17)6-18(8)12-10(13)11(14)15-7-16-12/h7-9H,2-6H2,1H3. The quantitative estimate of drug-likeness (QED) is 0.740. The SMILES string of the molecule is CC1CN2CCCC2CN1c1ncnc(Cl)c1Br. The fourth-order valence-corrected chi connectivity index (χ4v) is 3.58. The molecule has 0 spiro atoms. The van der Waals surface area contributed by atoms with Gasteiger partial charge < -0.3 is 4.90 Å². The maximum Gasteiger partial charge on any atom is 0.148 e. The second-order valence-corrected chi connectivity index (χ2v) is 6.25. The Balaban J connectivity index is 1.89. The summed E-state index contributed by atoms with van der Waals surface area (Å²) in [6, 6.07) is 1.13. The monoisotopic (exact) mass is 330 g/mol. The van der Waals surface area contributed by atoms with Crippen molar-refractivity contribution in [2.75, 3.05) is 24.5 Å². The van der Waals surface area contributed by atoms with Crippen LogP contribution in [-0.2, 0) is 0 Å². The van der Waals surface area contributed by atoms with Crippen molar-refractivity contribution in [3.63, 3.8) is 0 Å². The zero-order valence-electron chi connectivity index (χ0n) is 10.3. The average molecular weight is 332 g/mol. The molecule has 1 aromatic rings. The Morgan fingerprint density at radius 3 is 3.06 bits per heavy atom. The van der Waals surface area contributed by atoms with Gasteiger partial charge in [-0.3, -0.25) is 4.90 Å². The van der Waals surface area contributed by atoms with E-state index in [-0.39, 0.29) is 0 Å². The van der Waals surface area contributed by atoms with Crippen molar-refractivity contribution < 1.29 is 0 Å². The molecule has 0 bridgehead atoms. The summed E-state index contributed by atoms with van der Waals surface area (Å²) >= 11 is 9.56. The molecule has 1 aromatic heterocycles. The van der Waals surface area contributed by atoms with Gasteiger partial charge in [-0.2, -0.15) is 0 Å². The van der Waals surface area contributed by atoms with Crippen molar-refractivity contribution in [1.29, 1.82) is 0 Å². The Morgan fingerprint density at radius 2 is 2.22 bits per heavy atom. The number of hydrogen-bond donors (Lipinski definition) is 0. The lowest BCUT2D eigenvalue weighted by Gasteiger charge is -2.43. The number of fused-ring (bicyclic) bond motifs is 1. The van der Waals surface area contributed by atoms with Gasteiger partial charge >= 0.3 is 0 Å². The van der Waals surface area contributed by atoms with Gasteiger partial charge in [0.1, 0.15) is 17.3 Å². The van der Waals surface area contributed by atoms with Crippen LogP contribution in [0.2, 0.25) is 5.15 Å². The predicted octanol–water partition coefficient (Wildman–Crippen LogP) is 2.57. The molecule has 0 aliphatic carbocycles. The lowest BCUT2D eigenvalue weighted by molar-refractivity contribution is 0.202. The molecule has 2 atom stereocenters. The van der Waals surface area contributed by atoms with Crippen LogP contribution in [0.15, 0.2) is 10.8 Å². The summed E-state index contributed by atoms with van der Waals surface area (Å²) in [5.74, 6) is 0.925. The largest absolute Gasteiger partial charge is 0.350 e. The molecule has 2 unspecified atom stereocenters. The number of rotatable bonds is 1. The topological polar surface area (TPSA) is 32.3 Å². The maximum atomic E-state index is 6.06. The molecule has 3 rings (SSSR count). The van der Waals surface area contributed by atoms with Crippen LogP contribution < -0.4 is 4.90 Å². The van der Waals surface area contributed by atoms with Gasteiger partial charge in [0.2, 0.25) is 0 Å². The fourth-order valence-electron chi connectivity index (χ4n) is 3.02. The number of piperazine rings is 1. The second-order valence-electron chi connectivity index (χ2n) is 5.09. The number of hydrogen-bond acceptors (Lipinski definition) is 4. The maximum absolute atomic E-state index is 6.06. The Morgan fingerprint density at radius 1 is 1.39 bits per heavy atom. The molecule has 98 valence electrons. The third-order valence-electron chi connectivity index (χ3n) is 3.94. The lowest BCUT2D eigenvalue weighted by Crippen LogP contribution is -2.55. The first kappa shape index (κ1) is 12.6. The van der Waals surface area contributed by atoms with Gasteiger partial charge in [0, 0.05) is 25.2 Å². The fraction of sp³-hybridized carbons (Fsp3) is 0.667. The zero-order valence-corrected chi connectivity index (χ0v) is 12.7. The van der Waals surface area contributed by atoms with E-state index in [1.54, 1.807) is 0 Å². The number of anilines is 1. The Kier molecular flexibility index (Phi) is 3.47. The molecule has 6 heteroatoms. The molecule has 0 aromatic carbocycles. The summed E-state index contributed by atoms with van der Waals surface area (Å²) in [4.78, 5) is 13.3. The van der Waals surface area contributed by atoms with Gasteiger partial charge in [-0.15, -0.1) is 0 Å². The summed E-state index contributed by atoms with van der Waals surface area (Å²) in [6.45, 7) is 5.64. The highest BCUT2D eigenvalue weighted by Crippen LogP contribution is 2.34. The van der Waals surface area contributed by atoms with Crippen LogP contribution in [0.25, 0.3) is 0 Å². The molecule has 0 amide bonds. The summed E-state index contributed by atoms with van der Waals surface area (Å²) in [6.07, 6.45) is 4.15. The van der Waals surface area contributed by atoms with Crippen LogP contribution in [0, 0.1) is 0 Å². The molecule has 2 aliphatic heterocycles. The molecule has 18 heavy (non-hydrogen) atoms. The first-order valence-electron chi connectivity index (χ1n) is 6.33. The van der Waals surface area contributed by atoms with E-state index in [0.29, 0.717) is 17.2 Å². The van der Waals surface area contributed by atoms with Crippen LogP contribution in [0.3, 0.4) is 0 Å². The minimum atomic E-state index is 0.460. The molecule has 0 N–H and O–H groups in total. The van der Waals surface area contributed by atoms with E-state index in [1.807, 2.05) is 0 Å². The minimum Gasteiger partial charge on any atom is -0.350 e. The van der Waals surface area contributed by atoms with E-state index >= 15 is 0 Å². The second kappa shape index (κ2) is 4.94. The molecule has 3 heterocycles. The van der Waals surface area contributed by atoms with Gasteiger partial charge in [0.15, 0.2) is 0 Å². The summed E-state index contributed by atoms with van der Waals surface area (Å²) < 4.78 is 0.810. The van der Waals surface area contributed by atoms with Crippen molar-refractivity contribution in [3.05, 3.63) is 16.0 Å². The van der Waals surface area contributed by atoms with Gasteiger partial charge in [-0.1, -0.05) is 11.6 Å². The lowest BCUT2D eigenvalue weighted by atomic mass is 10.1. The van der Waals surface area contributed by atoms with Crippen LogP contribution in [-0.4, -0.2) is 46.6 Å². The van der Waals surface area contributed by atoms with E-state index in [9.17, 15) is 0 Å². The molecule has 0 saturated carbocycles. The van der Waals surface area contributed by atoms with Gasteiger partial charge in [-0.05, 0) is 42.2 Å². The number of nitrogens with zero attached hydrogens (tertiary/aromatic N) is 4. The van der Waals surface area contributed by atoms with Crippen molar-refractivity contribution in [2.24, 2.45) is 0 Å². The molecular weight excluding hydrogens is 316 g/mol. The van der Waals surface area contributed by atoms with E-state index in [1.165, 1.54) is 25.7 Å². The smallest absolute Gasteiger partial charge is 0.148 e. The van der Waals surface area contributed by atoms with E-state index in [4.69, 9.17) is 11.6 Å². The van der Waals surface area contributed by atoms with Gasteiger partial charge in [0.05, 0.1) is 4.47 Å². The predicted molar refractivity (Wildman–Crippen MR) is 76.1 cm³/mol. The Hall–Kier alpha value is -0.390. The van der Waals surface area contributed by atoms with E-state index in [2.05, 4.69) is 42.6 Å². The summed E-state index contributed by atoms with van der Waals surface area (Å²) in [7, 11) is 0. The Bertz CT molecular complexity index is 456. The highest BCUT2D eigenvalue weighted by molar-refractivity contribution is 9.10. The van der Waals surface area contributed by atoms with Crippen LogP contribution >= 0.6 is 27.5 Å². The minimum absolute atomic E-state index is 0.460. The van der Waals surface area contributed by atoms with Crippen molar-refractivity contribution in [1.82, 2.24) is 14.9 Å². The molecular formula is C12H16BrClN4. The van der Waals surface area contributed by atoms with E-state index in [0.717, 1.165) is 23.4 Å². The van der Waals surface area contributed by atoms with Crippen molar-refractivity contribution in [2.45, 2.75) is 31.8 Å². The third-order valence-corrected chi connectivity index (χ3v) is 5.18. The summed E-state index contributed by atoms with van der Waals surface area (Å²) in [5, 5.41) is 0.487. The highest BCUT2D eigenvalue weighted by atomic mass is 79.9. The average Bonchev–Trinajstić information content (AvgIpc) is 2.79. The van der Waals surface area contributed by atoms with Crippen LogP contribution in [0.4, 0.5) is 5.82 Å². The first-order chi connectivity index (χ1) is 8.66. The zero-order chi connectivity index (χ0) is 12.7. The molecule has 2 saturated heterocycles. The van der Waals surface area contributed by atoms with Crippen molar-refractivity contribution >= 4 is 33.3 Å². The Labute approximate surface area is 120 Å². The molecule has 4 nitrogen and oxygen atoms in total. The van der Waals surface area contributed by atoms with E-state index < -0.39 is 0 Å². The normalized spacial score (nSPS) is 28.5. The molecule has 2 aliphatic rings. The summed E-state index contributed by atoms with van der Waals surface area (Å²) in [5.41, 5.74) is 0. The van der Waals surface area contributed by atoms with Gasteiger partial charge in [0.25, 0.3) is 0 Å². The van der Waals surface area contributed by atoms with Crippen LogP contribution in [0.5, 0.6) is 0 Å².